The van der Waals surface area contributed by atoms with Gasteiger partial charge in [0.1, 0.15) is 19.7 Å². The lowest BCUT2D eigenvalue weighted by molar-refractivity contribution is -0.178. The fourth-order valence-electron chi connectivity index (χ4n) is 5.68. The molecule has 8 heteroatoms. The molecule has 2 aliphatic rings. The van der Waals surface area contributed by atoms with Crippen molar-refractivity contribution >= 4 is 11.9 Å². The van der Waals surface area contributed by atoms with E-state index in [4.69, 9.17) is 23.7 Å². The molecule has 1 fully saturated rings. The van der Waals surface area contributed by atoms with Crippen LogP contribution in [-0.2, 0) is 33.3 Å². The van der Waals surface area contributed by atoms with Crippen LogP contribution in [0.4, 0.5) is 0 Å². The lowest BCUT2D eigenvalue weighted by atomic mass is 9.61. The maximum Gasteiger partial charge on any atom is 0.323 e. The molecule has 0 saturated heterocycles. The molecule has 6 atom stereocenters. The van der Waals surface area contributed by atoms with Crippen molar-refractivity contribution < 1.29 is 38.4 Å². The van der Waals surface area contributed by atoms with Crippen LogP contribution < -0.4 is 0 Å². The fourth-order valence-corrected chi connectivity index (χ4v) is 5.68. The highest BCUT2D eigenvalue weighted by Crippen LogP contribution is 2.60. The van der Waals surface area contributed by atoms with Crippen LogP contribution in [0.15, 0.2) is 11.6 Å². The summed E-state index contributed by atoms with van der Waals surface area (Å²) in [6.45, 7) is 8.06. The van der Waals surface area contributed by atoms with E-state index in [9.17, 15) is 14.7 Å². The summed E-state index contributed by atoms with van der Waals surface area (Å²) in [5.74, 6) is -2.02. The Morgan fingerprint density at radius 3 is 2.39 bits per heavy atom. The summed E-state index contributed by atoms with van der Waals surface area (Å²) in [5, 5.41) is 10.1. The smallest absolute Gasteiger partial charge is 0.323 e. The average Bonchev–Trinajstić information content (AvgIpc) is 3.18. The van der Waals surface area contributed by atoms with Crippen molar-refractivity contribution in [3.63, 3.8) is 0 Å². The van der Waals surface area contributed by atoms with Crippen LogP contribution in [0, 0.1) is 22.7 Å². The minimum atomic E-state index is -1.54. The predicted molar refractivity (Wildman–Crippen MR) is 113 cm³/mol. The van der Waals surface area contributed by atoms with Crippen molar-refractivity contribution in [1.29, 1.82) is 0 Å². The van der Waals surface area contributed by atoms with Crippen LogP contribution in [0.2, 0.25) is 0 Å². The summed E-state index contributed by atoms with van der Waals surface area (Å²) in [5.41, 5.74) is -0.676. The standard InChI is InChI=1S/C23H38O8/c1-7-23(20(24)25,21(26)29-8-2)17-9-10-22(12-17)15(3)11-18(30-13-27-5)19(16(22)4)31-14-28-6/h11,16-19H,7-10,12-14H2,1-6H3,(H,24,25). The zero-order chi connectivity index (χ0) is 23.2. The SMILES string of the molecule is CCOC(=O)C(CC)(C(=O)O)C1CCC2(C1)C(C)=CC(OCOC)C(OCOC)C2C. The third kappa shape index (κ3) is 4.67. The molecule has 6 unspecified atom stereocenters. The fraction of sp³-hybridized carbons (Fsp3) is 0.826. The monoisotopic (exact) mass is 442 g/mol. The van der Waals surface area contributed by atoms with Gasteiger partial charge in [0, 0.05) is 14.2 Å². The summed E-state index contributed by atoms with van der Waals surface area (Å²) in [6.07, 6.45) is 3.67. The molecule has 0 aromatic carbocycles. The van der Waals surface area contributed by atoms with Gasteiger partial charge in [0.2, 0.25) is 0 Å². The topological polar surface area (TPSA) is 101 Å². The predicted octanol–water partition coefficient (Wildman–Crippen LogP) is 3.39. The molecule has 2 aliphatic carbocycles. The van der Waals surface area contributed by atoms with Crippen LogP contribution in [0.5, 0.6) is 0 Å². The van der Waals surface area contributed by atoms with Gasteiger partial charge in [0.15, 0.2) is 5.41 Å². The van der Waals surface area contributed by atoms with Gasteiger partial charge in [-0.25, -0.2) is 0 Å². The summed E-state index contributed by atoms with van der Waals surface area (Å²) in [6, 6.07) is 0. The van der Waals surface area contributed by atoms with Crippen molar-refractivity contribution in [1.82, 2.24) is 0 Å². The lowest BCUT2D eigenvalue weighted by Crippen LogP contribution is -2.50. The van der Waals surface area contributed by atoms with Crippen molar-refractivity contribution in [3.05, 3.63) is 11.6 Å². The Bertz CT molecular complexity index is 662. The molecule has 0 aliphatic heterocycles. The van der Waals surface area contributed by atoms with Gasteiger partial charge in [-0.15, -0.1) is 0 Å². The molecule has 8 nitrogen and oxygen atoms in total. The molecular weight excluding hydrogens is 404 g/mol. The first-order chi connectivity index (χ1) is 14.7. The van der Waals surface area contributed by atoms with Gasteiger partial charge >= 0.3 is 11.9 Å². The van der Waals surface area contributed by atoms with E-state index < -0.39 is 17.4 Å². The van der Waals surface area contributed by atoms with Gasteiger partial charge in [0.25, 0.3) is 0 Å². The number of carbonyl (C=O) groups is 2. The van der Waals surface area contributed by atoms with Crippen molar-refractivity contribution in [2.75, 3.05) is 34.4 Å². The molecule has 178 valence electrons. The Morgan fingerprint density at radius 2 is 1.84 bits per heavy atom. The maximum absolute atomic E-state index is 12.8. The number of hydrogen-bond donors (Lipinski definition) is 1. The second-order valence-corrected chi connectivity index (χ2v) is 8.66. The molecule has 1 saturated carbocycles. The molecule has 0 aromatic rings. The third-order valence-electron chi connectivity index (χ3n) is 7.47. The van der Waals surface area contributed by atoms with E-state index in [1.807, 2.05) is 0 Å². The number of methoxy groups -OCH3 is 2. The van der Waals surface area contributed by atoms with E-state index >= 15 is 0 Å². The maximum atomic E-state index is 12.8. The minimum Gasteiger partial charge on any atom is -0.480 e. The minimum absolute atomic E-state index is 0.0325. The summed E-state index contributed by atoms with van der Waals surface area (Å²) in [7, 11) is 3.14. The van der Waals surface area contributed by atoms with Crippen LogP contribution in [0.1, 0.15) is 53.4 Å². The van der Waals surface area contributed by atoms with Gasteiger partial charge in [-0.1, -0.05) is 25.5 Å². The molecule has 2 rings (SSSR count). The number of carbonyl (C=O) groups excluding carboxylic acids is 1. The number of aliphatic carboxylic acids is 1. The van der Waals surface area contributed by atoms with Gasteiger partial charge in [-0.2, -0.15) is 0 Å². The molecule has 1 N–H and O–H groups in total. The Morgan fingerprint density at radius 1 is 1.19 bits per heavy atom. The number of carboxylic acid groups (broad SMARTS) is 1. The van der Waals surface area contributed by atoms with Gasteiger partial charge in [0.05, 0.1) is 12.7 Å². The number of rotatable bonds is 11. The lowest BCUT2D eigenvalue weighted by Gasteiger charge is -2.47. The Balaban J connectivity index is 2.40. The van der Waals surface area contributed by atoms with Gasteiger partial charge < -0.3 is 28.8 Å². The molecule has 31 heavy (non-hydrogen) atoms. The van der Waals surface area contributed by atoms with E-state index in [1.165, 1.54) is 0 Å². The highest BCUT2D eigenvalue weighted by molar-refractivity contribution is 5.99. The van der Waals surface area contributed by atoms with E-state index in [1.54, 1.807) is 28.1 Å². The van der Waals surface area contributed by atoms with E-state index in [-0.39, 0.29) is 56.1 Å². The number of hydrogen-bond acceptors (Lipinski definition) is 7. The first-order valence-corrected chi connectivity index (χ1v) is 11.1. The molecule has 0 radical (unpaired) electrons. The van der Waals surface area contributed by atoms with Gasteiger partial charge in [-0.3, -0.25) is 9.59 Å². The molecule has 0 bridgehead atoms. The van der Waals surface area contributed by atoms with Gasteiger partial charge in [-0.05, 0) is 56.8 Å². The van der Waals surface area contributed by atoms with Crippen molar-refractivity contribution in [3.8, 4) is 0 Å². The number of allylic oxidation sites excluding steroid dienone is 1. The van der Waals surface area contributed by atoms with Crippen LogP contribution >= 0.6 is 0 Å². The summed E-state index contributed by atoms with van der Waals surface area (Å²) >= 11 is 0. The first-order valence-electron chi connectivity index (χ1n) is 11.1. The Kier molecular flexibility index (Phi) is 9.06. The quantitative estimate of drug-likeness (QED) is 0.225. The van der Waals surface area contributed by atoms with Crippen molar-refractivity contribution in [2.45, 2.75) is 65.6 Å². The second-order valence-electron chi connectivity index (χ2n) is 8.66. The molecule has 1 spiro atoms. The highest BCUT2D eigenvalue weighted by atomic mass is 16.7. The van der Waals surface area contributed by atoms with E-state index in [0.29, 0.717) is 12.8 Å². The van der Waals surface area contributed by atoms with Crippen LogP contribution in [0.3, 0.4) is 0 Å². The van der Waals surface area contributed by atoms with E-state index in [2.05, 4.69) is 19.9 Å². The van der Waals surface area contributed by atoms with Crippen LogP contribution in [0.25, 0.3) is 0 Å². The zero-order valence-corrected chi connectivity index (χ0v) is 19.6. The highest BCUT2D eigenvalue weighted by Gasteiger charge is 2.60. The third-order valence-corrected chi connectivity index (χ3v) is 7.47. The number of carboxylic acids is 1. The first kappa shape index (κ1) is 25.8. The summed E-state index contributed by atoms with van der Waals surface area (Å²) in [4.78, 5) is 25.2. The Labute approximate surface area is 185 Å². The number of ether oxygens (including phenoxy) is 5. The Hall–Kier alpha value is -1.48. The van der Waals surface area contributed by atoms with Crippen LogP contribution in [-0.4, -0.2) is 63.7 Å². The average molecular weight is 443 g/mol. The molecule has 0 heterocycles. The molecular formula is C23H38O8. The number of esters is 1. The van der Waals surface area contributed by atoms with E-state index in [0.717, 1.165) is 12.0 Å². The zero-order valence-electron chi connectivity index (χ0n) is 19.6. The molecule has 0 amide bonds. The summed E-state index contributed by atoms with van der Waals surface area (Å²) < 4.78 is 27.3. The normalized spacial score (nSPS) is 32.5. The largest absolute Gasteiger partial charge is 0.480 e. The molecule has 0 aromatic heterocycles. The second kappa shape index (κ2) is 10.9. The van der Waals surface area contributed by atoms with Crippen molar-refractivity contribution in [2.24, 2.45) is 22.7 Å².